The van der Waals surface area contributed by atoms with Crippen molar-refractivity contribution in [2.45, 2.75) is 25.4 Å². The van der Waals surface area contributed by atoms with Crippen LogP contribution in [0, 0.1) is 0 Å². The quantitative estimate of drug-likeness (QED) is 0.635. The van der Waals surface area contributed by atoms with Gasteiger partial charge in [-0.05, 0) is 36.2 Å². The van der Waals surface area contributed by atoms with Gasteiger partial charge in [-0.3, -0.25) is 14.5 Å². The van der Waals surface area contributed by atoms with Crippen molar-refractivity contribution in [1.29, 1.82) is 0 Å². The molecule has 2 N–H and O–H groups in total. The van der Waals surface area contributed by atoms with E-state index in [0.717, 1.165) is 16.5 Å². The molecule has 148 valence electrons. The number of anilines is 1. The number of benzene rings is 2. The second kappa shape index (κ2) is 7.79. The van der Waals surface area contributed by atoms with Gasteiger partial charge in [0, 0.05) is 36.3 Å². The molecule has 4 amide bonds. The predicted molar refractivity (Wildman–Crippen MR) is 110 cm³/mol. The van der Waals surface area contributed by atoms with Gasteiger partial charge in [-0.15, -0.1) is 0 Å². The van der Waals surface area contributed by atoms with E-state index in [9.17, 15) is 14.4 Å². The minimum Gasteiger partial charge on any atom is -0.351 e. The summed E-state index contributed by atoms with van der Waals surface area (Å²) in [5.41, 5.74) is 2.67. The third-order valence-corrected chi connectivity index (χ3v) is 5.12. The number of carbonyl (C=O) groups is 3. The summed E-state index contributed by atoms with van der Waals surface area (Å²) in [7, 11) is 1.97. The molecule has 2 aromatic carbocycles. The van der Waals surface area contributed by atoms with Crippen LogP contribution in [0.2, 0.25) is 0 Å². The maximum absolute atomic E-state index is 12.5. The smallest absolute Gasteiger partial charge is 0.325 e. The summed E-state index contributed by atoms with van der Waals surface area (Å²) in [6.45, 7) is 0.227. The maximum Gasteiger partial charge on any atom is 0.325 e. The lowest BCUT2D eigenvalue weighted by molar-refractivity contribution is -0.128. The fourth-order valence-electron chi connectivity index (χ4n) is 3.55. The summed E-state index contributed by atoms with van der Waals surface area (Å²) in [5, 5.41) is 6.58. The van der Waals surface area contributed by atoms with Crippen molar-refractivity contribution >= 4 is 34.4 Å². The molecular formula is C22H22N4O3. The van der Waals surface area contributed by atoms with E-state index in [1.165, 1.54) is 4.90 Å². The Bertz CT molecular complexity index is 1070. The summed E-state index contributed by atoms with van der Waals surface area (Å²) < 4.78 is 2.01. The molecule has 7 heteroatoms. The number of fused-ring (bicyclic) bond motifs is 1. The minimum absolute atomic E-state index is 0.142. The van der Waals surface area contributed by atoms with Gasteiger partial charge in [0.2, 0.25) is 5.91 Å². The summed E-state index contributed by atoms with van der Waals surface area (Å²) in [4.78, 5) is 38.2. The number of nitrogens with one attached hydrogen (secondary N) is 2. The number of rotatable bonds is 6. The molecule has 0 bridgehead atoms. The summed E-state index contributed by atoms with van der Waals surface area (Å²) in [6, 6.07) is 16.0. The zero-order valence-corrected chi connectivity index (χ0v) is 16.1. The third-order valence-electron chi connectivity index (χ3n) is 5.12. The lowest BCUT2D eigenvalue weighted by atomic mass is 10.1. The van der Waals surface area contributed by atoms with Gasteiger partial charge < -0.3 is 15.2 Å². The third kappa shape index (κ3) is 3.99. The van der Waals surface area contributed by atoms with Gasteiger partial charge in [0.05, 0.1) is 6.54 Å². The van der Waals surface area contributed by atoms with Crippen molar-refractivity contribution in [3.05, 3.63) is 66.4 Å². The number of hydrogen-bond donors (Lipinski definition) is 2. The monoisotopic (exact) mass is 390 g/mol. The molecule has 7 nitrogen and oxygen atoms in total. The fraction of sp³-hybridized carbons (Fsp3) is 0.227. The van der Waals surface area contributed by atoms with Crippen LogP contribution in [-0.2, 0) is 23.2 Å². The minimum atomic E-state index is -0.673. The molecular weight excluding hydrogens is 368 g/mol. The molecule has 1 saturated heterocycles. The van der Waals surface area contributed by atoms with Crippen molar-refractivity contribution in [2.75, 3.05) is 5.32 Å². The van der Waals surface area contributed by atoms with Crippen LogP contribution in [0.25, 0.3) is 10.9 Å². The molecule has 1 fully saturated rings. The molecule has 1 aliphatic rings. The number of nitrogens with zero attached hydrogens (tertiary/aromatic N) is 2. The van der Waals surface area contributed by atoms with E-state index < -0.39 is 12.1 Å². The number of aromatic nitrogens is 1. The molecule has 29 heavy (non-hydrogen) atoms. The molecule has 0 saturated carbocycles. The zero-order chi connectivity index (χ0) is 20.4. The number of imide groups is 1. The Hall–Kier alpha value is -3.61. The van der Waals surface area contributed by atoms with E-state index in [2.05, 4.69) is 10.6 Å². The van der Waals surface area contributed by atoms with Crippen LogP contribution < -0.4 is 10.6 Å². The van der Waals surface area contributed by atoms with E-state index in [4.69, 9.17) is 0 Å². The molecule has 1 aromatic heterocycles. The van der Waals surface area contributed by atoms with Gasteiger partial charge in [-0.1, -0.05) is 30.3 Å². The van der Waals surface area contributed by atoms with Crippen molar-refractivity contribution < 1.29 is 14.4 Å². The molecule has 2 heterocycles. The second-order valence-corrected chi connectivity index (χ2v) is 7.20. The average molecular weight is 390 g/mol. The number of amides is 4. The number of urea groups is 1. The van der Waals surface area contributed by atoms with Crippen LogP contribution in [-0.4, -0.2) is 33.4 Å². The molecule has 0 radical (unpaired) electrons. The van der Waals surface area contributed by atoms with Crippen LogP contribution in [0.1, 0.15) is 18.4 Å². The molecule has 3 aromatic rings. The fourth-order valence-corrected chi connectivity index (χ4v) is 3.55. The molecule has 0 spiro atoms. The van der Waals surface area contributed by atoms with Crippen molar-refractivity contribution in [2.24, 2.45) is 7.05 Å². The van der Waals surface area contributed by atoms with Gasteiger partial charge in [0.1, 0.15) is 6.04 Å². The van der Waals surface area contributed by atoms with Gasteiger partial charge in [-0.2, -0.15) is 0 Å². The lowest BCUT2D eigenvalue weighted by Crippen LogP contribution is -2.31. The Morgan fingerprint density at radius 1 is 1.10 bits per heavy atom. The Kier molecular flexibility index (Phi) is 5.03. The highest BCUT2D eigenvalue weighted by Gasteiger charge is 2.37. The molecule has 1 unspecified atom stereocenters. The SMILES string of the molecule is Cn1ccc2cc(NC(=O)CCC3NC(=O)N(Cc4ccccc4)C3=O)ccc21. The summed E-state index contributed by atoms with van der Waals surface area (Å²) in [5.74, 6) is -0.485. The highest BCUT2D eigenvalue weighted by atomic mass is 16.2. The van der Waals surface area contributed by atoms with E-state index in [0.29, 0.717) is 5.69 Å². The van der Waals surface area contributed by atoms with Crippen LogP contribution in [0.5, 0.6) is 0 Å². The van der Waals surface area contributed by atoms with E-state index in [-0.39, 0.29) is 31.2 Å². The second-order valence-electron chi connectivity index (χ2n) is 7.20. The number of aryl methyl sites for hydroxylation is 1. The molecule has 1 atom stereocenters. The van der Waals surface area contributed by atoms with Crippen LogP contribution >= 0.6 is 0 Å². The van der Waals surface area contributed by atoms with Gasteiger partial charge in [0.25, 0.3) is 5.91 Å². The Balaban J connectivity index is 1.32. The summed E-state index contributed by atoms with van der Waals surface area (Å²) >= 11 is 0. The number of carbonyl (C=O) groups excluding carboxylic acids is 3. The Morgan fingerprint density at radius 2 is 1.90 bits per heavy atom. The highest BCUT2D eigenvalue weighted by Crippen LogP contribution is 2.20. The standard InChI is InChI=1S/C22H22N4O3/c1-25-12-11-16-13-17(7-9-19(16)25)23-20(27)10-8-18-21(28)26(22(29)24-18)14-15-5-3-2-4-6-15/h2-7,9,11-13,18H,8,10,14H2,1H3,(H,23,27)(H,24,29). The van der Waals surface area contributed by atoms with Crippen molar-refractivity contribution in [1.82, 2.24) is 14.8 Å². The van der Waals surface area contributed by atoms with Crippen LogP contribution in [0.3, 0.4) is 0 Å². The first kappa shape index (κ1) is 18.7. The van der Waals surface area contributed by atoms with Gasteiger partial charge >= 0.3 is 6.03 Å². The lowest BCUT2D eigenvalue weighted by Gasteiger charge is -2.13. The Labute approximate surface area is 168 Å². The Morgan fingerprint density at radius 3 is 2.69 bits per heavy atom. The van der Waals surface area contributed by atoms with Gasteiger partial charge in [-0.25, -0.2) is 4.79 Å². The first-order valence-electron chi connectivity index (χ1n) is 9.52. The van der Waals surface area contributed by atoms with E-state index >= 15 is 0 Å². The largest absolute Gasteiger partial charge is 0.351 e. The van der Waals surface area contributed by atoms with E-state index in [1.54, 1.807) is 0 Å². The van der Waals surface area contributed by atoms with Gasteiger partial charge in [0.15, 0.2) is 0 Å². The normalized spacial score (nSPS) is 16.3. The maximum atomic E-state index is 12.5. The van der Waals surface area contributed by atoms with Crippen molar-refractivity contribution in [3.8, 4) is 0 Å². The summed E-state index contributed by atoms with van der Waals surface area (Å²) in [6.07, 6.45) is 2.36. The first-order valence-corrected chi connectivity index (χ1v) is 9.52. The molecule has 0 aliphatic carbocycles. The average Bonchev–Trinajstić information content (AvgIpc) is 3.21. The highest BCUT2D eigenvalue weighted by molar-refractivity contribution is 6.04. The number of hydrogen-bond acceptors (Lipinski definition) is 3. The van der Waals surface area contributed by atoms with Crippen LogP contribution in [0.15, 0.2) is 60.8 Å². The van der Waals surface area contributed by atoms with Crippen molar-refractivity contribution in [3.63, 3.8) is 0 Å². The predicted octanol–water partition coefficient (Wildman–Crippen LogP) is 3.02. The molecule has 1 aliphatic heterocycles. The zero-order valence-electron chi connectivity index (χ0n) is 16.1. The van der Waals surface area contributed by atoms with Crippen LogP contribution in [0.4, 0.5) is 10.5 Å². The topological polar surface area (TPSA) is 83.4 Å². The molecule has 4 rings (SSSR count). The first-order chi connectivity index (χ1) is 14.0. The van der Waals surface area contributed by atoms with E-state index in [1.807, 2.05) is 72.4 Å².